The molecular weight excluding hydrogens is 246 g/mol. The fourth-order valence-electron chi connectivity index (χ4n) is 1.86. The van der Waals surface area contributed by atoms with E-state index in [0.717, 1.165) is 16.8 Å². The Morgan fingerprint density at radius 3 is 2.67 bits per heavy atom. The molecule has 2 rings (SSSR count). The van der Waals surface area contributed by atoms with Gasteiger partial charge in [-0.15, -0.1) is 0 Å². The number of phenols is 1. The molecule has 0 amide bonds. The number of hydrogen-bond acceptors (Lipinski definition) is 2. The molecule has 94 valence electrons. The smallest absolute Gasteiger partial charge is 0.115 e. The summed E-state index contributed by atoms with van der Waals surface area (Å²) in [7, 11) is 0. The highest BCUT2D eigenvalue weighted by atomic mass is 35.5. The van der Waals surface area contributed by atoms with E-state index in [-0.39, 0.29) is 11.8 Å². The first kappa shape index (κ1) is 12.8. The van der Waals surface area contributed by atoms with Crippen molar-refractivity contribution < 1.29 is 5.11 Å². The van der Waals surface area contributed by atoms with Crippen molar-refractivity contribution in [3.05, 3.63) is 58.6 Å². The fraction of sp³-hybridized carbons (Fsp3) is 0.200. The first-order valence-electron chi connectivity index (χ1n) is 5.88. The summed E-state index contributed by atoms with van der Waals surface area (Å²) < 4.78 is 0. The van der Waals surface area contributed by atoms with Crippen LogP contribution in [0.5, 0.6) is 5.75 Å². The zero-order valence-electron chi connectivity index (χ0n) is 10.4. The van der Waals surface area contributed by atoms with Crippen LogP contribution in [-0.4, -0.2) is 5.11 Å². The monoisotopic (exact) mass is 261 g/mol. The van der Waals surface area contributed by atoms with Crippen LogP contribution < -0.4 is 5.32 Å². The van der Waals surface area contributed by atoms with Crippen molar-refractivity contribution in [2.24, 2.45) is 0 Å². The van der Waals surface area contributed by atoms with Crippen LogP contribution in [0.25, 0.3) is 0 Å². The molecule has 0 aromatic heterocycles. The maximum atomic E-state index is 9.48. The van der Waals surface area contributed by atoms with E-state index < -0.39 is 0 Å². The summed E-state index contributed by atoms with van der Waals surface area (Å²) in [5, 5.41) is 13.6. The lowest BCUT2D eigenvalue weighted by molar-refractivity contribution is 0.474. The normalized spacial score (nSPS) is 12.2. The Morgan fingerprint density at radius 2 is 1.94 bits per heavy atom. The number of aromatic hydroxyl groups is 1. The fourth-order valence-corrected chi connectivity index (χ4v) is 2.03. The minimum atomic E-state index is 0.106. The molecule has 2 aromatic rings. The van der Waals surface area contributed by atoms with Gasteiger partial charge in [0, 0.05) is 16.8 Å². The summed E-state index contributed by atoms with van der Waals surface area (Å²) in [5.41, 5.74) is 3.19. The number of anilines is 1. The second kappa shape index (κ2) is 5.32. The molecule has 18 heavy (non-hydrogen) atoms. The predicted octanol–water partition coefficient (Wildman–Crippen LogP) is 4.53. The lowest BCUT2D eigenvalue weighted by Crippen LogP contribution is -2.07. The summed E-state index contributed by atoms with van der Waals surface area (Å²) >= 11 is 5.99. The maximum absolute atomic E-state index is 9.48. The third kappa shape index (κ3) is 2.96. The topological polar surface area (TPSA) is 32.3 Å². The maximum Gasteiger partial charge on any atom is 0.115 e. The van der Waals surface area contributed by atoms with Crippen LogP contribution in [0.2, 0.25) is 5.02 Å². The third-order valence-electron chi connectivity index (χ3n) is 2.94. The Balaban J connectivity index is 2.21. The molecule has 0 aliphatic heterocycles. The molecular formula is C15H16ClNO. The van der Waals surface area contributed by atoms with E-state index in [9.17, 15) is 5.11 Å². The SMILES string of the molecule is Cc1ccc(Cl)cc1NC(C)c1cccc(O)c1. The Hall–Kier alpha value is -1.67. The molecule has 0 aliphatic rings. The van der Waals surface area contributed by atoms with Crippen LogP contribution in [0, 0.1) is 6.92 Å². The van der Waals surface area contributed by atoms with E-state index in [0.29, 0.717) is 5.02 Å². The number of aryl methyl sites for hydroxylation is 1. The van der Waals surface area contributed by atoms with Gasteiger partial charge in [-0.2, -0.15) is 0 Å². The summed E-state index contributed by atoms with van der Waals surface area (Å²) in [6, 6.07) is 13.1. The Labute approximate surface area is 112 Å². The van der Waals surface area contributed by atoms with Crippen molar-refractivity contribution in [1.82, 2.24) is 0 Å². The quantitative estimate of drug-likeness (QED) is 0.851. The Morgan fingerprint density at radius 1 is 1.17 bits per heavy atom. The van der Waals surface area contributed by atoms with E-state index in [4.69, 9.17) is 11.6 Å². The number of rotatable bonds is 3. The zero-order valence-corrected chi connectivity index (χ0v) is 11.2. The van der Waals surface area contributed by atoms with Gasteiger partial charge in [0.15, 0.2) is 0 Å². The minimum absolute atomic E-state index is 0.106. The molecule has 1 atom stereocenters. The van der Waals surface area contributed by atoms with Crippen LogP contribution in [-0.2, 0) is 0 Å². The molecule has 2 nitrogen and oxygen atoms in total. The van der Waals surface area contributed by atoms with Crippen molar-refractivity contribution in [3.8, 4) is 5.75 Å². The first-order valence-corrected chi connectivity index (χ1v) is 6.25. The van der Waals surface area contributed by atoms with Gasteiger partial charge in [-0.05, 0) is 49.2 Å². The number of halogens is 1. The highest BCUT2D eigenvalue weighted by molar-refractivity contribution is 6.30. The molecule has 0 bridgehead atoms. The van der Waals surface area contributed by atoms with Gasteiger partial charge < -0.3 is 10.4 Å². The largest absolute Gasteiger partial charge is 0.508 e. The number of hydrogen-bond donors (Lipinski definition) is 2. The molecule has 3 heteroatoms. The molecule has 0 aliphatic carbocycles. The lowest BCUT2D eigenvalue weighted by Gasteiger charge is -2.18. The first-order chi connectivity index (χ1) is 8.56. The molecule has 0 saturated carbocycles. The summed E-state index contributed by atoms with van der Waals surface area (Å²) in [4.78, 5) is 0. The Bertz CT molecular complexity index is 554. The number of nitrogens with one attached hydrogen (secondary N) is 1. The van der Waals surface area contributed by atoms with E-state index in [1.54, 1.807) is 12.1 Å². The molecule has 1 unspecified atom stereocenters. The van der Waals surface area contributed by atoms with Gasteiger partial charge in [0.05, 0.1) is 0 Å². The van der Waals surface area contributed by atoms with Gasteiger partial charge in [0.25, 0.3) is 0 Å². The van der Waals surface area contributed by atoms with E-state index in [1.807, 2.05) is 37.3 Å². The average molecular weight is 262 g/mol. The Kier molecular flexibility index (Phi) is 3.78. The highest BCUT2D eigenvalue weighted by Gasteiger charge is 2.07. The van der Waals surface area contributed by atoms with Gasteiger partial charge in [0.2, 0.25) is 0 Å². The molecule has 0 spiro atoms. The van der Waals surface area contributed by atoms with E-state index >= 15 is 0 Å². The summed E-state index contributed by atoms with van der Waals surface area (Å²) in [6.45, 7) is 4.09. The van der Waals surface area contributed by atoms with E-state index in [1.165, 1.54) is 0 Å². The van der Waals surface area contributed by atoms with Crippen molar-refractivity contribution in [1.29, 1.82) is 0 Å². The summed E-state index contributed by atoms with van der Waals surface area (Å²) in [6.07, 6.45) is 0. The molecule has 2 N–H and O–H groups in total. The van der Waals surface area contributed by atoms with Crippen molar-refractivity contribution in [2.75, 3.05) is 5.32 Å². The lowest BCUT2D eigenvalue weighted by atomic mass is 10.1. The highest BCUT2D eigenvalue weighted by Crippen LogP contribution is 2.26. The van der Waals surface area contributed by atoms with Crippen LogP contribution in [0.15, 0.2) is 42.5 Å². The minimum Gasteiger partial charge on any atom is -0.508 e. The van der Waals surface area contributed by atoms with Crippen molar-refractivity contribution in [2.45, 2.75) is 19.9 Å². The molecule has 0 heterocycles. The molecule has 0 radical (unpaired) electrons. The number of benzene rings is 2. The standard InChI is InChI=1S/C15H16ClNO/c1-10-6-7-13(16)9-15(10)17-11(2)12-4-3-5-14(18)8-12/h3-9,11,17-18H,1-2H3. The molecule has 2 aromatic carbocycles. The van der Waals surface area contributed by atoms with Gasteiger partial charge in [-0.1, -0.05) is 29.8 Å². The third-order valence-corrected chi connectivity index (χ3v) is 3.18. The zero-order chi connectivity index (χ0) is 13.1. The second-order valence-corrected chi connectivity index (χ2v) is 4.86. The van der Waals surface area contributed by atoms with Crippen LogP contribution in [0.3, 0.4) is 0 Å². The molecule has 0 fully saturated rings. The van der Waals surface area contributed by atoms with Gasteiger partial charge in [0.1, 0.15) is 5.75 Å². The molecule has 0 saturated heterocycles. The van der Waals surface area contributed by atoms with Crippen LogP contribution >= 0.6 is 11.6 Å². The second-order valence-electron chi connectivity index (χ2n) is 4.42. The van der Waals surface area contributed by atoms with Gasteiger partial charge in [-0.3, -0.25) is 0 Å². The number of phenolic OH excluding ortho intramolecular Hbond substituents is 1. The predicted molar refractivity (Wildman–Crippen MR) is 76.3 cm³/mol. The van der Waals surface area contributed by atoms with Crippen LogP contribution in [0.1, 0.15) is 24.1 Å². The average Bonchev–Trinajstić information content (AvgIpc) is 2.34. The van der Waals surface area contributed by atoms with Crippen molar-refractivity contribution >= 4 is 17.3 Å². The summed E-state index contributed by atoms with van der Waals surface area (Å²) in [5.74, 6) is 0.281. The van der Waals surface area contributed by atoms with Gasteiger partial charge in [-0.25, -0.2) is 0 Å². The van der Waals surface area contributed by atoms with Crippen LogP contribution in [0.4, 0.5) is 5.69 Å². The van der Waals surface area contributed by atoms with Crippen molar-refractivity contribution in [3.63, 3.8) is 0 Å². The van der Waals surface area contributed by atoms with Gasteiger partial charge >= 0.3 is 0 Å². The van der Waals surface area contributed by atoms with E-state index in [2.05, 4.69) is 12.2 Å².